The van der Waals surface area contributed by atoms with E-state index in [-0.39, 0.29) is 36.1 Å². The zero-order valence-electron chi connectivity index (χ0n) is 14.4. The third kappa shape index (κ3) is 2.70. The third-order valence-corrected chi connectivity index (χ3v) is 5.25. The average Bonchev–Trinajstić information content (AvgIpc) is 3.33. The van der Waals surface area contributed by atoms with Crippen molar-refractivity contribution in [2.45, 2.75) is 24.6 Å². The maximum atomic E-state index is 13.0. The van der Waals surface area contributed by atoms with E-state index in [1.807, 2.05) is 0 Å². The summed E-state index contributed by atoms with van der Waals surface area (Å²) in [5.74, 6) is -0.184. The fourth-order valence-corrected chi connectivity index (χ4v) is 3.98. The highest BCUT2D eigenvalue weighted by Crippen LogP contribution is 2.30. The first-order chi connectivity index (χ1) is 12.6. The number of fused-ring (bicyclic) bond motifs is 2. The molecule has 8 heteroatoms. The second-order valence-corrected chi connectivity index (χ2v) is 6.76. The highest BCUT2D eigenvalue weighted by molar-refractivity contribution is 5.99. The molecule has 3 unspecified atom stereocenters. The fourth-order valence-electron chi connectivity index (χ4n) is 3.98. The number of amides is 3. The Balaban J connectivity index is 1.49. The van der Waals surface area contributed by atoms with Crippen molar-refractivity contribution >= 4 is 17.7 Å². The minimum atomic E-state index is -0.635. The van der Waals surface area contributed by atoms with E-state index < -0.39 is 12.1 Å². The SMILES string of the molecule is C=CCOC1CC2C(=O)N3CCN(C(=O)c4ccco4)CC3C(=O)N2C1. The Morgan fingerprint density at radius 3 is 2.77 bits per heavy atom. The Hall–Kier alpha value is -2.61. The van der Waals surface area contributed by atoms with Crippen molar-refractivity contribution < 1.29 is 23.5 Å². The van der Waals surface area contributed by atoms with Gasteiger partial charge in [-0.05, 0) is 12.1 Å². The van der Waals surface area contributed by atoms with Crippen LogP contribution in [0.5, 0.6) is 0 Å². The summed E-state index contributed by atoms with van der Waals surface area (Å²) in [6.45, 7) is 5.34. The molecular weight excluding hydrogens is 338 g/mol. The Kier molecular flexibility index (Phi) is 4.28. The van der Waals surface area contributed by atoms with Gasteiger partial charge in [-0.3, -0.25) is 14.4 Å². The molecule has 0 aromatic carbocycles. The Bertz CT molecular complexity index is 731. The van der Waals surface area contributed by atoms with Crippen molar-refractivity contribution in [2.75, 3.05) is 32.8 Å². The highest BCUT2D eigenvalue weighted by Gasteiger charge is 2.52. The van der Waals surface area contributed by atoms with Crippen LogP contribution in [-0.2, 0) is 14.3 Å². The summed E-state index contributed by atoms with van der Waals surface area (Å²) in [5, 5.41) is 0. The second kappa shape index (κ2) is 6.60. The molecule has 3 amide bonds. The molecule has 4 rings (SSSR count). The maximum absolute atomic E-state index is 13.0. The van der Waals surface area contributed by atoms with E-state index in [9.17, 15) is 14.4 Å². The van der Waals surface area contributed by atoms with Crippen molar-refractivity contribution in [3.8, 4) is 0 Å². The van der Waals surface area contributed by atoms with Gasteiger partial charge in [-0.1, -0.05) is 6.08 Å². The number of hydrogen-bond donors (Lipinski definition) is 0. The van der Waals surface area contributed by atoms with E-state index in [1.165, 1.54) is 6.26 Å². The number of hydrogen-bond acceptors (Lipinski definition) is 5. The van der Waals surface area contributed by atoms with Crippen LogP contribution in [0.1, 0.15) is 17.0 Å². The van der Waals surface area contributed by atoms with Crippen LogP contribution in [0.25, 0.3) is 0 Å². The summed E-state index contributed by atoms with van der Waals surface area (Å²) in [7, 11) is 0. The van der Waals surface area contributed by atoms with Gasteiger partial charge in [0.1, 0.15) is 12.1 Å². The van der Waals surface area contributed by atoms with Gasteiger partial charge in [0.05, 0.1) is 25.5 Å². The lowest BCUT2D eigenvalue weighted by molar-refractivity contribution is -0.162. The van der Waals surface area contributed by atoms with Gasteiger partial charge in [0, 0.05) is 26.1 Å². The number of ether oxygens (including phenoxy) is 1. The minimum absolute atomic E-state index is 0.0515. The molecule has 1 aromatic rings. The molecule has 138 valence electrons. The van der Waals surface area contributed by atoms with Crippen LogP contribution >= 0.6 is 0 Å². The van der Waals surface area contributed by atoms with Crippen LogP contribution in [-0.4, -0.2) is 83.4 Å². The van der Waals surface area contributed by atoms with Crippen molar-refractivity contribution in [1.82, 2.24) is 14.7 Å². The van der Waals surface area contributed by atoms with Gasteiger partial charge in [0.15, 0.2) is 5.76 Å². The predicted molar refractivity (Wildman–Crippen MR) is 90.2 cm³/mol. The van der Waals surface area contributed by atoms with Crippen molar-refractivity contribution in [1.29, 1.82) is 0 Å². The predicted octanol–water partition coefficient (Wildman–Crippen LogP) is 0.118. The minimum Gasteiger partial charge on any atom is -0.459 e. The zero-order valence-corrected chi connectivity index (χ0v) is 14.4. The molecule has 1 aromatic heterocycles. The van der Waals surface area contributed by atoms with Crippen molar-refractivity contribution in [3.63, 3.8) is 0 Å². The molecule has 0 spiro atoms. The number of rotatable bonds is 4. The Morgan fingerprint density at radius 1 is 1.23 bits per heavy atom. The van der Waals surface area contributed by atoms with Crippen LogP contribution in [0, 0.1) is 0 Å². The average molecular weight is 359 g/mol. The molecule has 26 heavy (non-hydrogen) atoms. The van der Waals surface area contributed by atoms with E-state index in [0.717, 1.165) is 0 Å². The second-order valence-electron chi connectivity index (χ2n) is 6.76. The molecule has 0 radical (unpaired) electrons. The quantitative estimate of drug-likeness (QED) is 0.713. The molecule has 0 saturated carbocycles. The molecule has 3 atom stereocenters. The number of nitrogens with zero attached hydrogens (tertiary/aromatic N) is 3. The molecule has 0 aliphatic carbocycles. The number of carbonyl (C=O) groups excluding carboxylic acids is 3. The molecule has 0 bridgehead atoms. The van der Waals surface area contributed by atoms with Crippen molar-refractivity contribution in [3.05, 3.63) is 36.8 Å². The van der Waals surface area contributed by atoms with Crippen molar-refractivity contribution in [2.24, 2.45) is 0 Å². The van der Waals surface area contributed by atoms with E-state index in [2.05, 4.69) is 6.58 Å². The Labute approximate surface area is 151 Å². The molecule has 8 nitrogen and oxygen atoms in total. The molecular formula is C18H21N3O5. The standard InChI is InChI=1S/C18H21N3O5/c1-2-7-25-12-9-13-16(22)20-6-5-19(18(24)15-4-3-8-26-15)11-14(20)17(23)21(13)10-12/h2-4,8,12-14H,1,5-7,9-11H2. The molecule has 3 aliphatic rings. The topological polar surface area (TPSA) is 83.3 Å². The number of furan rings is 1. The van der Waals surface area contributed by atoms with Gasteiger partial charge < -0.3 is 23.9 Å². The largest absolute Gasteiger partial charge is 0.459 e. The van der Waals surface area contributed by atoms with E-state index >= 15 is 0 Å². The summed E-state index contributed by atoms with van der Waals surface area (Å²) in [4.78, 5) is 43.1. The zero-order chi connectivity index (χ0) is 18.3. The summed E-state index contributed by atoms with van der Waals surface area (Å²) in [6.07, 6.45) is 3.45. The van der Waals surface area contributed by atoms with E-state index in [1.54, 1.807) is 32.9 Å². The van der Waals surface area contributed by atoms with Gasteiger partial charge in [0.25, 0.3) is 5.91 Å². The molecule has 4 heterocycles. The fraction of sp³-hybridized carbons (Fsp3) is 0.500. The van der Waals surface area contributed by atoms with Gasteiger partial charge in [0.2, 0.25) is 11.8 Å². The Morgan fingerprint density at radius 2 is 2.04 bits per heavy atom. The van der Waals surface area contributed by atoms with Crippen LogP contribution < -0.4 is 0 Å². The first-order valence-electron chi connectivity index (χ1n) is 8.76. The lowest BCUT2D eigenvalue weighted by Gasteiger charge is -2.47. The van der Waals surface area contributed by atoms with Crippen LogP contribution in [0.15, 0.2) is 35.5 Å². The summed E-state index contributed by atoms with van der Waals surface area (Å²) >= 11 is 0. The van der Waals surface area contributed by atoms with Crippen LogP contribution in [0.3, 0.4) is 0 Å². The number of carbonyl (C=O) groups is 3. The first-order valence-corrected chi connectivity index (χ1v) is 8.76. The number of piperazine rings is 2. The van der Waals surface area contributed by atoms with Crippen LogP contribution in [0.4, 0.5) is 0 Å². The van der Waals surface area contributed by atoms with Gasteiger partial charge in [-0.15, -0.1) is 6.58 Å². The smallest absolute Gasteiger partial charge is 0.289 e. The van der Waals surface area contributed by atoms with Gasteiger partial charge >= 0.3 is 0 Å². The lowest BCUT2D eigenvalue weighted by Crippen LogP contribution is -2.69. The summed E-state index contributed by atoms with van der Waals surface area (Å²) in [6, 6.07) is 2.16. The molecule has 3 fully saturated rings. The highest BCUT2D eigenvalue weighted by atomic mass is 16.5. The molecule has 3 aliphatic heterocycles. The first kappa shape index (κ1) is 16.8. The van der Waals surface area contributed by atoms with Crippen LogP contribution in [0.2, 0.25) is 0 Å². The monoisotopic (exact) mass is 359 g/mol. The lowest BCUT2D eigenvalue weighted by atomic mass is 10.0. The molecule has 0 N–H and O–H groups in total. The van der Waals surface area contributed by atoms with E-state index in [4.69, 9.17) is 9.15 Å². The molecule has 3 saturated heterocycles. The van der Waals surface area contributed by atoms with Gasteiger partial charge in [-0.2, -0.15) is 0 Å². The third-order valence-electron chi connectivity index (χ3n) is 5.25. The maximum Gasteiger partial charge on any atom is 0.289 e. The van der Waals surface area contributed by atoms with E-state index in [0.29, 0.717) is 32.7 Å². The summed E-state index contributed by atoms with van der Waals surface area (Å²) < 4.78 is 10.8. The summed E-state index contributed by atoms with van der Waals surface area (Å²) in [5.41, 5.74) is 0. The normalized spacial score (nSPS) is 28.2. The van der Waals surface area contributed by atoms with Gasteiger partial charge in [-0.25, -0.2) is 0 Å².